The van der Waals surface area contributed by atoms with Crippen LogP contribution < -0.4 is 0 Å². The van der Waals surface area contributed by atoms with Crippen molar-refractivity contribution in [2.75, 3.05) is 6.54 Å². The summed E-state index contributed by atoms with van der Waals surface area (Å²) in [6, 6.07) is 1.32. The predicted molar refractivity (Wildman–Crippen MR) is 49.7 cm³/mol. The van der Waals surface area contributed by atoms with Crippen LogP contribution in [0.15, 0.2) is 12.7 Å². The van der Waals surface area contributed by atoms with Gasteiger partial charge in [0.1, 0.15) is 0 Å². The summed E-state index contributed by atoms with van der Waals surface area (Å²) in [5.74, 6) is 0. The van der Waals surface area contributed by atoms with Crippen molar-refractivity contribution >= 4 is 0 Å². The van der Waals surface area contributed by atoms with Crippen molar-refractivity contribution in [3.63, 3.8) is 0 Å². The van der Waals surface area contributed by atoms with E-state index in [9.17, 15) is 0 Å². The molecule has 2 atom stereocenters. The number of rotatable bonds is 2. The van der Waals surface area contributed by atoms with E-state index in [1.165, 1.54) is 25.8 Å². The van der Waals surface area contributed by atoms with Crippen LogP contribution in [0.2, 0.25) is 0 Å². The normalized spacial score (nSPS) is 29.8. The van der Waals surface area contributed by atoms with Gasteiger partial charge in [0.2, 0.25) is 0 Å². The molecule has 64 valence electrons. The highest BCUT2D eigenvalue weighted by molar-refractivity contribution is 4.88. The summed E-state index contributed by atoms with van der Waals surface area (Å²) >= 11 is 0. The Kier molecular flexibility index (Phi) is 3.13. The van der Waals surface area contributed by atoms with E-state index in [-0.39, 0.29) is 0 Å². The van der Waals surface area contributed by atoms with Crippen LogP contribution in [0, 0.1) is 0 Å². The molecule has 11 heavy (non-hydrogen) atoms. The molecule has 2 unspecified atom stereocenters. The molecule has 0 radical (unpaired) electrons. The van der Waals surface area contributed by atoms with Crippen LogP contribution in [0.4, 0.5) is 0 Å². The van der Waals surface area contributed by atoms with E-state index in [1.807, 2.05) is 6.08 Å². The smallest absolute Gasteiger partial charge is 0.0250 e. The minimum atomic E-state index is 0.560. The fraction of sp³-hybridized carbons (Fsp3) is 0.800. The summed E-state index contributed by atoms with van der Waals surface area (Å²) in [6.07, 6.45) is 6.17. The van der Waals surface area contributed by atoms with Gasteiger partial charge in [-0.05, 0) is 33.2 Å². The third kappa shape index (κ3) is 2.06. The van der Waals surface area contributed by atoms with Crippen molar-refractivity contribution in [1.29, 1.82) is 0 Å². The standard InChI is InChI=1S/C10H19N/c1-4-9(2)11-8-6-5-7-10(11)3/h4,9-10H,1,5-8H2,2-3H3. The summed E-state index contributed by atoms with van der Waals surface area (Å²) in [7, 11) is 0. The minimum Gasteiger partial charge on any atom is -0.295 e. The Labute approximate surface area is 70.1 Å². The lowest BCUT2D eigenvalue weighted by molar-refractivity contribution is 0.137. The SMILES string of the molecule is C=CC(C)N1CCCCC1C. The average molecular weight is 153 g/mol. The van der Waals surface area contributed by atoms with Crippen LogP contribution in [0.3, 0.4) is 0 Å². The number of piperidine rings is 1. The molecular weight excluding hydrogens is 134 g/mol. The third-order valence-corrected chi connectivity index (χ3v) is 2.72. The molecule has 0 aromatic rings. The molecule has 0 aromatic carbocycles. The van der Waals surface area contributed by atoms with E-state index in [4.69, 9.17) is 0 Å². The van der Waals surface area contributed by atoms with Crippen LogP contribution in [-0.2, 0) is 0 Å². The summed E-state index contributed by atoms with van der Waals surface area (Å²) in [5, 5.41) is 0. The van der Waals surface area contributed by atoms with Gasteiger partial charge in [0.15, 0.2) is 0 Å². The topological polar surface area (TPSA) is 3.24 Å². The molecule has 0 N–H and O–H groups in total. The maximum absolute atomic E-state index is 3.83. The highest BCUT2D eigenvalue weighted by atomic mass is 15.2. The van der Waals surface area contributed by atoms with Gasteiger partial charge in [-0.2, -0.15) is 0 Å². The van der Waals surface area contributed by atoms with E-state index in [2.05, 4.69) is 25.3 Å². The van der Waals surface area contributed by atoms with E-state index in [0.29, 0.717) is 6.04 Å². The zero-order valence-corrected chi connectivity index (χ0v) is 7.71. The van der Waals surface area contributed by atoms with Gasteiger partial charge in [0.05, 0.1) is 0 Å². The molecule has 1 heteroatoms. The quantitative estimate of drug-likeness (QED) is 0.551. The molecule has 0 saturated carbocycles. The van der Waals surface area contributed by atoms with Crippen molar-refractivity contribution in [3.05, 3.63) is 12.7 Å². The van der Waals surface area contributed by atoms with Crippen molar-refractivity contribution in [2.45, 2.75) is 45.2 Å². The average Bonchev–Trinajstić information content (AvgIpc) is 2.04. The van der Waals surface area contributed by atoms with Gasteiger partial charge >= 0.3 is 0 Å². The second kappa shape index (κ2) is 3.91. The second-order valence-corrected chi connectivity index (χ2v) is 3.56. The molecule has 0 aliphatic carbocycles. The molecule has 1 saturated heterocycles. The molecule has 0 aromatic heterocycles. The first-order valence-corrected chi connectivity index (χ1v) is 4.64. The molecule has 0 bridgehead atoms. The summed E-state index contributed by atoms with van der Waals surface area (Å²) in [5.41, 5.74) is 0. The Balaban J connectivity index is 2.46. The van der Waals surface area contributed by atoms with E-state index < -0.39 is 0 Å². The first-order chi connectivity index (χ1) is 5.25. The lowest BCUT2D eigenvalue weighted by atomic mass is 10.0. The Morgan fingerprint density at radius 3 is 2.82 bits per heavy atom. The van der Waals surface area contributed by atoms with Gasteiger partial charge in [0, 0.05) is 12.1 Å². The molecule has 1 aliphatic rings. The molecule has 1 fully saturated rings. The molecule has 0 amide bonds. The van der Waals surface area contributed by atoms with Crippen molar-refractivity contribution in [2.24, 2.45) is 0 Å². The zero-order valence-electron chi connectivity index (χ0n) is 7.71. The van der Waals surface area contributed by atoms with Gasteiger partial charge in [-0.3, -0.25) is 4.90 Å². The minimum absolute atomic E-state index is 0.560. The molecule has 1 heterocycles. The highest BCUT2D eigenvalue weighted by Crippen LogP contribution is 2.18. The van der Waals surface area contributed by atoms with Crippen LogP contribution in [0.5, 0.6) is 0 Å². The zero-order chi connectivity index (χ0) is 8.27. The van der Waals surface area contributed by atoms with Gasteiger partial charge in [-0.25, -0.2) is 0 Å². The van der Waals surface area contributed by atoms with Crippen molar-refractivity contribution in [1.82, 2.24) is 4.90 Å². The van der Waals surface area contributed by atoms with Crippen LogP contribution in [0.25, 0.3) is 0 Å². The van der Waals surface area contributed by atoms with E-state index >= 15 is 0 Å². The maximum Gasteiger partial charge on any atom is 0.0250 e. The summed E-state index contributed by atoms with van der Waals surface area (Å²) < 4.78 is 0. The van der Waals surface area contributed by atoms with Crippen molar-refractivity contribution in [3.8, 4) is 0 Å². The number of hydrogen-bond acceptors (Lipinski definition) is 1. The van der Waals surface area contributed by atoms with Gasteiger partial charge < -0.3 is 0 Å². The first kappa shape index (κ1) is 8.79. The monoisotopic (exact) mass is 153 g/mol. The number of likely N-dealkylation sites (tertiary alicyclic amines) is 1. The first-order valence-electron chi connectivity index (χ1n) is 4.64. The highest BCUT2D eigenvalue weighted by Gasteiger charge is 2.20. The fourth-order valence-electron chi connectivity index (χ4n) is 1.86. The van der Waals surface area contributed by atoms with Gasteiger partial charge in [-0.1, -0.05) is 12.5 Å². The Morgan fingerprint density at radius 1 is 1.55 bits per heavy atom. The summed E-state index contributed by atoms with van der Waals surface area (Å²) in [4.78, 5) is 2.54. The fourth-order valence-corrected chi connectivity index (χ4v) is 1.86. The molecule has 0 spiro atoms. The molecular formula is C10H19N. The lowest BCUT2D eigenvalue weighted by Crippen LogP contribution is -2.42. The number of nitrogens with zero attached hydrogens (tertiary/aromatic N) is 1. The Hall–Kier alpha value is -0.300. The third-order valence-electron chi connectivity index (χ3n) is 2.72. The Morgan fingerprint density at radius 2 is 2.27 bits per heavy atom. The molecule has 1 nitrogen and oxygen atoms in total. The van der Waals surface area contributed by atoms with Gasteiger partial charge in [0.25, 0.3) is 0 Å². The molecule has 1 aliphatic heterocycles. The predicted octanol–water partition coefficient (Wildman–Crippen LogP) is 2.44. The molecule has 1 rings (SSSR count). The Bertz CT molecular complexity index is 131. The van der Waals surface area contributed by atoms with Gasteiger partial charge in [-0.15, -0.1) is 6.58 Å². The largest absolute Gasteiger partial charge is 0.295 e. The van der Waals surface area contributed by atoms with Crippen molar-refractivity contribution < 1.29 is 0 Å². The summed E-state index contributed by atoms with van der Waals surface area (Å²) in [6.45, 7) is 9.64. The lowest BCUT2D eigenvalue weighted by Gasteiger charge is -2.36. The number of hydrogen-bond donors (Lipinski definition) is 0. The second-order valence-electron chi connectivity index (χ2n) is 3.56. The van der Waals surface area contributed by atoms with Crippen LogP contribution in [0.1, 0.15) is 33.1 Å². The van der Waals surface area contributed by atoms with E-state index in [0.717, 1.165) is 6.04 Å². The van der Waals surface area contributed by atoms with Crippen LogP contribution in [-0.4, -0.2) is 23.5 Å². The maximum atomic E-state index is 3.83. The van der Waals surface area contributed by atoms with E-state index in [1.54, 1.807) is 0 Å². The van der Waals surface area contributed by atoms with Crippen LogP contribution >= 0.6 is 0 Å².